The second kappa shape index (κ2) is 5.35. The van der Waals surface area contributed by atoms with E-state index in [1.54, 1.807) is 6.08 Å². The number of hydrogen-bond acceptors (Lipinski definition) is 2. The van der Waals surface area contributed by atoms with Crippen LogP contribution in [0.2, 0.25) is 0 Å². The van der Waals surface area contributed by atoms with E-state index in [1.165, 1.54) is 7.11 Å². The number of benzene rings is 1. The first-order valence-electron chi connectivity index (χ1n) is 4.94. The van der Waals surface area contributed by atoms with Gasteiger partial charge in [-0.1, -0.05) is 35.9 Å². The third-order valence-corrected chi connectivity index (χ3v) is 2.33. The highest BCUT2D eigenvalue weighted by molar-refractivity contribution is 5.78. The van der Waals surface area contributed by atoms with Crippen molar-refractivity contribution in [2.75, 3.05) is 7.11 Å². The predicted molar refractivity (Wildman–Crippen MR) is 60.8 cm³/mol. The van der Waals surface area contributed by atoms with Crippen molar-refractivity contribution in [3.05, 3.63) is 48.0 Å². The number of rotatable bonds is 4. The number of carbonyl (C=O) groups excluding carboxylic acids is 1. The zero-order chi connectivity index (χ0) is 11.3. The van der Waals surface area contributed by atoms with Gasteiger partial charge in [0.2, 0.25) is 0 Å². The van der Waals surface area contributed by atoms with Crippen LogP contribution in [0.3, 0.4) is 0 Å². The van der Waals surface area contributed by atoms with Crippen LogP contribution in [0.5, 0.6) is 0 Å². The van der Waals surface area contributed by atoms with Crippen LogP contribution in [0.15, 0.2) is 36.9 Å². The molecule has 80 valence electrons. The van der Waals surface area contributed by atoms with Crippen LogP contribution < -0.4 is 0 Å². The molecule has 0 spiro atoms. The van der Waals surface area contributed by atoms with Crippen LogP contribution in [0.1, 0.15) is 23.5 Å². The summed E-state index contributed by atoms with van der Waals surface area (Å²) in [7, 11) is 1.41. The van der Waals surface area contributed by atoms with Gasteiger partial charge in [0, 0.05) is 0 Å². The Labute approximate surface area is 90.6 Å². The summed E-state index contributed by atoms with van der Waals surface area (Å²) in [5.41, 5.74) is 2.13. The van der Waals surface area contributed by atoms with Gasteiger partial charge in [-0.3, -0.25) is 4.79 Å². The molecule has 0 N–H and O–H groups in total. The molecule has 0 saturated carbocycles. The van der Waals surface area contributed by atoms with Gasteiger partial charge in [-0.05, 0) is 18.9 Å². The minimum atomic E-state index is -0.229. The molecule has 1 aromatic rings. The maximum atomic E-state index is 11.5. The van der Waals surface area contributed by atoms with E-state index >= 15 is 0 Å². The second-order valence-corrected chi connectivity index (χ2v) is 3.51. The van der Waals surface area contributed by atoms with Crippen LogP contribution in [-0.4, -0.2) is 13.1 Å². The standard InChI is InChI=1S/C13H16O2/c1-4-6-12(13(14)15-3)11-8-5-7-10(2)9-11/h4-5,7-9,12H,1,6H2,2-3H3. The van der Waals surface area contributed by atoms with Crippen molar-refractivity contribution in [1.82, 2.24) is 0 Å². The Balaban J connectivity index is 2.98. The van der Waals surface area contributed by atoms with E-state index in [0.717, 1.165) is 11.1 Å². The molecule has 0 amide bonds. The Hall–Kier alpha value is -1.57. The topological polar surface area (TPSA) is 26.3 Å². The fourth-order valence-corrected chi connectivity index (χ4v) is 1.56. The largest absolute Gasteiger partial charge is 0.469 e. The van der Waals surface area contributed by atoms with Gasteiger partial charge >= 0.3 is 5.97 Å². The van der Waals surface area contributed by atoms with Crippen molar-refractivity contribution >= 4 is 5.97 Å². The molecule has 0 heterocycles. The molecule has 0 fully saturated rings. The number of ether oxygens (including phenoxy) is 1. The molecule has 2 heteroatoms. The smallest absolute Gasteiger partial charge is 0.313 e. The van der Waals surface area contributed by atoms with Gasteiger partial charge in [-0.2, -0.15) is 0 Å². The van der Waals surface area contributed by atoms with Gasteiger partial charge < -0.3 is 4.74 Å². The average molecular weight is 204 g/mol. The van der Waals surface area contributed by atoms with Crippen molar-refractivity contribution in [2.45, 2.75) is 19.3 Å². The summed E-state index contributed by atoms with van der Waals surface area (Å²) in [6, 6.07) is 7.90. The van der Waals surface area contributed by atoms with E-state index in [-0.39, 0.29) is 11.9 Å². The number of hydrogen-bond donors (Lipinski definition) is 0. The number of allylic oxidation sites excluding steroid dienone is 1. The summed E-state index contributed by atoms with van der Waals surface area (Å²) in [4.78, 5) is 11.5. The molecule has 15 heavy (non-hydrogen) atoms. The van der Waals surface area contributed by atoms with E-state index in [9.17, 15) is 4.79 Å². The summed E-state index contributed by atoms with van der Waals surface area (Å²) in [5, 5.41) is 0. The van der Waals surface area contributed by atoms with E-state index in [1.807, 2.05) is 31.2 Å². The summed E-state index contributed by atoms with van der Waals surface area (Å²) in [6.07, 6.45) is 2.35. The van der Waals surface area contributed by atoms with E-state index < -0.39 is 0 Å². The quantitative estimate of drug-likeness (QED) is 0.557. The van der Waals surface area contributed by atoms with Crippen molar-refractivity contribution in [1.29, 1.82) is 0 Å². The molecule has 0 radical (unpaired) electrons. The fraction of sp³-hybridized carbons (Fsp3) is 0.308. The minimum absolute atomic E-state index is 0.208. The number of methoxy groups -OCH3 is 1. The third kappa shape index (κ3) is 2.94. The van der Waals surface area contributed by atoms with Gasteiger partial charge in [-0.15, -0.1) is 6.58 Å². The first-order valence-corrected chi connectivity index (χ1v) is 4.94. The second-order valence-electron chi connectivity index (χ2n) is 3.51. The highest BCUT2D eigenvalue weighted by Gasteiger charge is 2.19. The molecule has 1 rings (SSSR count). The predicted octanol–water partition coefficient (Wildman–Crippen LogP) is 2.83. The minimum Gasteiger partial charge on any atom is -0.469 e. The van der Waals surface area contributed by atoms with Crippen LogP contribution in [0.4, 0.5) is 0 Å². The first-order chi connectivity index (χ1) is 7.19. The van der Waals surface area contributed by atoms with Crippen molar-refractivity contribution in [2.24, 2.45) is 0 Å². The van der Waals surface area contributed by atoms with Crippen molar-refractivity contribution in [3.63, 3.8) is 0 Å². The van der Waals surface area contributed by atoms with Gasteiger partial charge in [-0.25, -0.2) is 0 Å². The Kier molecular flexibility index (Phi) is 4.10. The Morgan fingerprint density at radius 2 is 2.33 bits per heavy atom. The summed E-state index contributed by atoms with van der Waals surface area (Å²) >= 11 is 0. The molecule has 0 aromatic heterocycles. The lowest BCUT2D eigenvalue weighted by Gasteiger charge is -2.13. The lowest BCUT2D eigenvalue weighted by molar-refractivity contribution is -0.142. The molecule has 0 bridgehead atoms. The highest BCUT2D eigenvalue weighted by atomic mass is 16.5. The Morgan fingerprint density at radius 3 is 2.87 bits per heavy atom. The molecule has 0 aliphatic carbocycles. The lowest BCUT2D eigenvalue weighted by Crippen LogP contribution is -2.13. The SMILES string of the molecule is C=CCC(C(=O)OC)c1cccc(C)c1. The van der Waals surface area contributed by atoms with Gasteiger partial charge in [0.25, 0.3) is 0 Å². The molecule has 1 atom stereocenters. The Morgan fingerprint density at radius 1 is 1.60 bits per heavy atom. The van der Waals surface area contributed by atoms with E-state index in [4.69, 9.17) is 4.74 Å². The molecule has 2 nitrogen and oxygen atoms in total. The van der Waals surface area contributed by atoms with Crippen molar-refractivity contribution < 1.29 is 9.53 Å². The third-order valence-electron chi connectivity index (χ3n) is 2.33. The average Bonchev–Trinajstić information content (AvgIpc) is 2.25. The molecule has 1 unspecified atom stereocenters. The molecular weight excluding hydrogens is 188 g/mol. The zero-order valence-electron chi connectivity index (χ0n) is 9.19. The molecule has 1 aromatic carbocycles. The van der Waals surface area contributed by atoms with Crippen LogP contribution in [-0.2, 0) is 9.53 Å². The molecule has 0 aliphatic rings. The van der Waals surface area contributed by atoms with E-state index in [2.05, 4.69) is 6.58 Å². The van der Waals surface area contributed by atoms with Gasteiger partial charge in [0.15, 0.2) is 0 Å². The molecule has 0 aliphatic heterocycles. The van der Waals surface area contributed by atoms with Gasteiger partial charge in [0.1, 0.15) is 0 Å². The number of carbonyl (C=O) groups is 1. The van der Waals surface area contributed by atoms with Crippen molar-refractivity contribution in [3.8, 4) is 0 Å². The molecule has 0 saturated heterocycles. The fourth-order valence-electron chi connectivity index (χ4n) is 1.56. The monoisotopic (exact) mass is 204 g/mol. The first kappa shape index (κ1) is 11.5. The summed E-state index contributed by atoms with van der Waals surface area (Å²) in [6.45, 7) is 5.66. The zero-order valence-corrected chi connectivity index (χ0v) is 9.19. The maximum absolute atomic E-state index is 11.5. The maximum Gasteiger partial charge on any atom is 0.313 e. The summed E-state index contributed by atoms with van der Waals surface area (Å²) < 4.78 is 4.77. The normalized spacial score (nSPS) is 11.9. The van der Waals surface area contributed by atoms with E-state index in [0.29, 0.717) is 6.42 Å². The summed E-state index contributed by atoms with van der Waals surface area (Å²) in [5.74, 6) is -0.437. The number of esters is 1. The number of aryl methyl sites for hydroxylation is 1. The highest BCUT2D eigenvalue weighted by Crippen LogP contribution is 2.22. The Bertz CT molecular complexity index is 355. The molecular formula is C13H16O2. The van der Waals surface area contributed by atoms with Gasteiger partial charge in [0.05, 0.1) is 13.0 Å². The van der Waals surface area contributed by atoms with Crippen LogP contribution in [0.25, 0.3) is 0 Å². The lowest BCUT2D eigenvalue weighted by atomic mass is 9.94. The van der Waals surface area contributed by atoms with Crippen LogP contribution in [0, 0.1) is 6.92 Å². The van der Waals surface area contributed by atoms with Crippen LogP contribution >= 0.6 is 0 Å².